The molecular formula is C29H30ClN9O4. The SMILES string of the molecule is COC(=O)Nc1ccc2c(c1)NC(=O)C/C=C/CC(NC(=O)/C=C/c1cc(Cl)ccc1N(N)/C=N\N)c1cc-2nc(C)n1. The summed E-state index contributed by atoms with van der Waals surface area (Å²) in [5, 5.41) is 13.5. The summed E-state index contributed by atoms with van der Waals surface area (Å²) in [6, 6.07) is 11.2. The lowest BCUT2D eigenvalue weighted by molar-refractivity contribution is -0.117. The molecule has 1 aliphatic heterocycles. The fourth-order valence-electron chi connectivity index (χ4n) is 4.32. The Hall–Kier alpha value is -5.27. The minimum absolute atomic E-state index is 0.0850. The van der Waals surface area contributed by atoms with E-state index < -0.39 is 18.0 Å². The third kappa shape index (κ3) is 8.15. The summed E-state index contributed by atoms with van der Waals surface area (Å²) in [5.41, 5.74) is 3.64. The van der Waals surface area contributed by atoms with Gasteiger partial charge in [0.25, 0.3) is 0 Å². The highest BCUT2D eigenvalue weighted by Crippen LogP contribution is 2.32. The standard InChI is InChI=1S/C29H30ClN9O4/c1-17-34-24-15-25(35-17)22(37-28(41)12-7-18-13-19(30)8-11-26(18)39(32)16-33-31)5-3-4-6-27(40)38-23-14-20(9-10-21(23)24)36-29(42)43-2/h3-4,7-16,22H,5-6,31-32H2,1-2H3,(H,36,42)(H,37,41)(H,38,40)/b4-3+,12-7+,33-16-. The van der Waals surface area contributed by atoms with Crippen molar-refractivity contribution < 1.29 is 19.1 Å². The third-order valence-electron chi connectivity index (χ3n) is 6.25. The second-order valence-electron chi connectivity index (χ2n) is 9.33. The van der Waals surface area contributed by atoms with Crippen molar-refractivity contribution in [2.45, 2.75) is 25.8 Å². The number of carbonyl (C=O) groups excluding carboxylic acids is 3. The van der Waals surface area contributed by atoms with Crippen molar-refractivity contribution in [1.29, 1.82) is 0 Å². The Labute approximate surface area is 252 Å². The molecule has 2 heterocycles. The molecule has 2 bridgehead atoms. The largest absolute Gasteiger partial charge is 0.453 e. The Bertz CT molecular complexity index is 1620. The van der Waals surface area contributed by atoms with E-state index in [1.54, 1.807) is 67.6 Å². The second kappa shape index (κ2) is 14.1. The lowest BCUT2D eigenvalue weighted by Crippen LogP contribution is -2.30. The number of benzene rings is 2. The number of aryl methyl sites for hydroxylation is 1. The van der Waals surface area contributed by atoms with E-state index in [4.69, 9.17) is 23.3 Å². The molecule has 222 valence electrons. The summed E-state index contributed by atoms with van der Waals surface area (Å²) in [7, 11) is 1.26. The number of methoxy groups -OCH3 is 1. The first-order valence-electron chi connectivity index (χ1n) is 13.0. The van der Waals surface area contributed by atoms with Crippen LogP contribution >= 0.6 is 11.6 Å². The molecule has 0 radical (unpaired) electrons. The van der Waals surface area contributed by atoms with Crippen molar-refractivity contribution in [3.8, 4) is 11.3 Å². The highest BCUT2D eigenvalue weighted by Gasteiger charge is 2.19. The number of hydrazine groups is 1. The normalized spacial score (nSPS) is 15.5. The number of ether oxygens (including phenoxy) is 1. The molecular weight excluding hydrogens is 574 g/mol. The summed E-state index contributed by atoms with van der Waals surface area (Å²) < 4.78 is 4.67. The van der Waals surface area contributed by atoms with Crippen LogP contribution in [-0.4, -0.2) is 41.3 Å². The predicted octanol–water partition coefficient (Wildman–Crippen LogP) is 4.03. The van der Waals surface area contributed by atoms with Gasteiger partial charge in [-0.15, -0.1) is 0 Å². The number of nitrogens with zero attached hydrogens (tertiary/aromatic N) is 4. The van der Waals surface area contributed by atoms with Gasteiger partial charge in [-0.25, -0.2) is 20.6 Å². The number of hydrogen-bond donors (Lipinski definition) is 5. The van der Waals surface area contributed by atoms with Gasteiger partial charge < -0.3 is 21.2 Å². The number of hydrazone groups is 1. The average Bonchev–Trinajstić information content (AvgIpc) is 2.97. The lowest BCUT2D eigenvalue weighted by atomic mass is 10.0. The van der Waals surface area contributed by atoms with Gasteiger partial charge in [0.15, 0.2) is 0 Å². The maximum atomic E-state index is 13.1. The molecule has 7 N–H and O–H groups in total. The number of nitrogens with one attached hydrogen (secondary N) is 3. The molecule has 1 aliphatic rings. The van der Waals surface area contributed by atoms with Crippen LogP contribution in [0.4, 0.5) is 21.9 Å². The minimum Gasteiger partial charge on any atom is -0.453 e. The van der Waals surface area contributed by atoms with Crippen molar-refractivity contribution in [3.63, 3.8) is 0 Å². The molecule has 0 fully saturated rings. The van der Waals surface area contributed by atoms with E-state index in [-0.39, 0.29) is 12.3 Å². The smallest absolute Gasteiger partial charge is 0.411 e. The van der Waals surface area contributed by atoms with E-state index in [1.165, 1.54) is 24.5 Å². The molecule has 43 heavy (non-hydrogen) atoms. The number of anilines is 3. The van der Waals surface area contributed by atoms with Crippen LogP contribution in [0.3, 0.4) is 0 Å². The molecule has 0 saturated carbocycles. The zero-order valence-corrected chi connectivity index (χ0v) is 24.1. The summed E-state index contributed by atoms with van der Waals surface area (Å²) in [6.07, 6.45) is 7.47. The van der Waals surface area contributed by atoms with Gasteiger partial charge in [-0.1, -0.05) is 23.8 Å². The van der Waals surface area contributed by atoms with Crippen molar-refractivity contribution in [3.05, 3.63) is 82.8 Å². The third-order valence-corrected chi connectivity index (χ3v) is 6.48. The Balaban J connectivity index is 1.67. The number of fused-ring (bicyclic) bond motifs is 4. The van der Waals surface area contributed by atoms with E-state index in [0.717, 1.165) is 0 Å². The molecule has 3 amide bonds. The van der Waals surface area contributed by atoms with Gasteiger partial charge in [0.05, 0.1) is 35.9 Å². The van der Waals surface area contributed by atoms with Gasteiger partial charge in [0.1, 0.15) is 12.2 Å². The van der Waals surface area contributed by atoms with E-state index in [2.05, 4.69) is 35.8 Å². The van der Waals surface area contributed by atoms with Crippen molar-refractivity contribution >= 4 is 59.0 Å². The Morgan fingerprint density at radius 1 is 1.19 bits per heavy atom. The maximum Gasteiger partial charge on any atom is 0.411 e. The molecule has 0 aliphatic carbocycles. The molecule has 3 aromatic rings. The summed E-state index contributed by atoms with van der Waals surface area (Å²) in [4.78, 5) is 46.8. The molecule has 13 nitrogen and oxygen atoms in total. The molecule has 4 rings (SSSR count). The predicted molar refractivity (Wildman–Crippen MR) is 166 cm³/mol. The van der Waals surface area contributed by atoms with Crippen molar-refractivity contribution in [2.24, 2.45) is 16.8 Å². The quantitative estimate of drug-likeness (QED) is 0.0691. The van der Waals surface area contributed by atoms with Gasteiger partial charge in [0, 0.05) is 34.3 Å². The second-order valence-corrected chi connectivity index (χ2v) is 9.77. The highest BCUT2D eigenvalue weighted by atomic mass is 35.5. The first-order valence-corrected chi connectivity index (χ1v) is 13.4. The Kier molecular flexibility index (Phi) is 10.0. The molecule has 2 aromatic carbocycles. The number of aromatic nitrogens is 2. The van der Waals surface area contributed by atoms with Crippen LogP contribution in [0.15, 0.2) is 65.8 Å². The summed E-state index contributed by atoms with van der Waals surface area (Å²) in [6.45, 7) is 1.74. The zero-order chi connectivity index (χ0) is 30.9. The number of hydrogen-bond acceptors (Lipinski definition) is 9. The van der Waals surface area contributed by atoms with Gasteiger partial charge in [-0.05, 0) is 61.9 Å². The summed E-state index contributed by atoms with van der Waals surface area (Å²) >= 11 is 6.17. The molecule has 1 aromatic heterocycles. The first kappa shape index (κ1) is 30.7. The number of halogens is 1. The van der Waals surface area contributed by atoms with E-state index in [1.807, 2.05) is 0 Å². The number of amides is 3. The molecule has 1 atom stereocenters. The van der Waals surface area contributed by atoms with E-state index in [9.17, 15) is 14.4 Å². The van der Waals surface area contributed by atoms with Crippen LogP contribution in [0, 0.1) is 6.92 Å². The van der Waals surface area contributed by atoms with Crippen LogP contribution in [0.2, 0.25) is 5.02 Å². The van der Waals surface area contributed by atoms with E-state index in [0.29, 0.717) is 56.8 Å². The number of rotatable bonds is 6. The highest BCUT2D eigenvalue weighted by molar-refractivity contribution is 6.30. The Morgan fingerprint density at radius 2 is 2.00 bits per heavy atom. The van der Waals surface area contributed by atoms with Gasteiger partial charge in [-0.2, -0.15) is 5.10 Å². The fraction of sp³-hybridized carbons (Fsp3) is 0.172. The molecule has 0 saturated heterocycles. The van der Waals surface area contributed by atoms with Gasteiger partial charge in [-0.3, -0.25) is 19.9 Å². The topological polar surface area (TPSA) is 190 Å². The van der Waals surface area contributed by atoms with Gasteiger partial charge >= 0.3 is 6.09 Å². The van der Waals surface area contributed by atoms with Crippen LogP contribution < -0.4 is 32.6 Å². The lowest BCUT2D eigenvalue weighted by Gasteiger charge is -2.19. The van der Waals surface area contributed by atoms with E-state index >= 15 is 0 Å². The van der Waals surface area contributed by atoms with Crippen LogP contribution in [0.1, 0.15) is 36.0 Å². The molecule has 14 heteroatoms. The maximum absolute atomic E-state index is 13.1. The fourth-order valence-corrected chi connectivity index (χ4v) is 4.50. The van der Waals surface area contributed by atoms with Gasteiger partial charge in [0.2, 0.25) is 11.8 Å². The van der Waals surface area contributed by atoms with Crippen molar-refractivity contribution in [2.75, 3.05) is 22.8 Å². The number of carbonyl (C=O) groups is 3. The minimum atomic E-state index is -0.647. The van der Waals surface area contributed by atoms with Crippen molar-refractivity contribution in [1.82, 2.24) is 15.3 Å². The Morgan fingerprint density at radius 3 is 2.77 bits per heavy atom. The molecule has 0 spiro atoms. The number of nitrogens with two attached hydrogens (primary N) is 2. The van der Waals surface area contributed by atoms with Crippen LogP contribution in [0.25, 0.3) is 17.3 Å². The van der Waals surface area contributed by atoms with Crippen LogP contribution in [0.5, 0.6) is 0 Å². The summed E-state index contributed by atoms with van der Waals surface area (Å²) in [5.74, 6) is 11.0. The monoisotopic (exact) mass is 603 g/mol. The van der Waals surface area contributed by atoms with Crippen LogP contribution in [-0.2, 0) is 14.3 Å². The zero-order valence-electron chi connectivity index (χ0n) is 23.4. The molecule has 1 unspecified atom stereocenters. The average molecular weight is 604 g/mol. The first-order chi connectivity index (χ1) is 20.7.